The van der Waals surface area contributed by atoms with Crippen LogP contribution in [0.1, 0.15) is 24.8 Å². The zero-order chi connectivity index (χ0) is 16.2. The van der Waals surface area contributed by atoms with Crippen LogP contribution in [0.15, 0.2) is 30.3 Å². The summed E-state index contributed by atoms with van der Waals surface area (Å²) >= 11 is 0. The van der Waals surface area contributed by atoms with Gasteiger partial charge in [-0.25, -0.2) is 4.79 Å². The summed E-state index contributed by atoms with van der Waals surface area (Å²) in [6.45, 7) is 2.49. The Bertz CT molecular complexity index is 553. The van der Waals surface area contributed by atoms with E-state index in [9.17, 15) is 9.59 Å². The molecular weight excluding hydrogens is 292 g/mol. The Morgan fingerprint density at radius 3 is 2.26 bits per heavy atom. The maximum Gasteiger partial charge on any atom is 0.320 e. The molecule has 0 aromatic heterocycles. The Morgan fingerprint density at radius 2 is 1.65 bits per heavy atom. The molecule has 0 bridgehead atoms. The first-order chi connectivity index (χ1) is 11.1. The average molecular weight is 316 g/mol. The molecule has 1 N–H and O–H groups in total. The van der Waals surface area contributed by atoms with Gasteiger partial charge in [0.1, 0.15) is 0 Å². The predicted molar refractivity (Wildman–Crippen MR) is 87.2 cm³/mol. The van der Waals surface area contributed by atoms with Gasteiger partial charge in [-0.15, -0.1) is 0 Å². The van der Waals surface area contributed by atoms with Crippen molar-refractivity contribution in [3.05, 3.63) is 35.9 Å². The number of piperidine rings is 1. The molecule has 2 aliphatic rings. The van der Waals surface area contributed by atoms with E-state index in [2.05, 4.69) is 24.3 Å². The van der Waals surface area contributed by atoms with Crippen molar-refractivity contribution in [1.82, 2.24) is 9.80 Å². The molecule has 2 heterocycles. The van der Waals surface area contributed by atoms with Crippen LogP contribution in [0, 0.1) is 11.8 Å². The van der Waals surface area contributed by atoms with E-state index in [1.807, 2.05) is 11.0 Å². The lowest BCUT2D eigenvalue weighted by atomic mass is 9.90. The molecule has 1 aromatic carbocycles. The molecule has 1 aromatic rings. The number of hydrogen-bond donors (Lipinski definition) is 1. The van der Waals surface area contributed by atoms with Crippen LogP contribution < -0.4 is 0 Å². The maximum absolute atomic E-state index is 12.5. The zero-order valence-electron chi connectivity index (χ0n) is 13.4. The summed E-state index contributed by atoms with van der Waals surface area (Å²) in [5, 5.41) is 9.05. The second-order valence-corrected chi connectivity index (χ2v) is 6.67. The SMILES string of the molecule is O=C(O)C1CCN(C(=O)N2CCC(Cc3ccccc3)CC2)C1. The maximum atomic E-state index is 12.5. The van der Waals surface area contributed by atoms with Crippen LogP contribution in [0.5, 0.6) is 0 Å². The lowest BCUT2D eigenvalue weighted by molar-refractivity contribution is -0.141. The van der Waals surface area contributed by atoms with Crippen molar-refractivity contribution in [2.24, 2.45) is 11.8 Å². The van der Waals surface area contributed by atoms with Crippen molar-refractivity contribution in [1.29, 1.82) is 0 Å². The van der Waals surface area contributed by atoms with Crippen molar-refractivity contribution in [2.45, 2.75) is 25.7 Å². The molecule has 5 nitrogen and oxygen atoms in total. The molecule has 124 valence electrons. The lowest BCUT2D eigenvalue weighted by Gasteiger charge is -2.34. The summed E-state index contributed by atoms with van der Waals surface area (Å²) in [7, 11) is 0. The zero-order valence-corrected chi connectivity index (χ0v) is 13.4. The van der Waals surface area contributed by atoms with E-state index in [1.165, 1.54) is 5.56 Å². The predicted octanol–water partition coefficient (Wildman–Crippen LogP) is 2.47. The molecule has 23 heavy (non-hydrogen) atoms. The number of urea groups is 1. The first-order valence-electron chi connectivity index (χ1n) is 8.44. The van der Waals surface area contributed by atoms with Crippen LogP contribution in [0.2, 0.25) is 0 Å². The number of carboxylic acids is 1. The third-order valence-electron chi connectivity index (χ3n) is 5.06. The van der Waals surface area contributed by atoms with Crippen LogP contribution in [0.3, 0.4) is 0 Å². The molecule has 0 aliphatic carbocycles. The Hall–Kier alpha value is -2.04. The Balaban J connectivity index is 1.47. The number of hydrogen-bond acceptors (Lipinski definition) is 2. The number of likely N-dealkylation sites (tertiary alicyclic amines) is 2. The number of nitrogens with zero attached hydrogens (tertiary/aromatic N) is 2. The standard InChI is InChI=1S/C18H24N2O3/c21-17(22)16-8-11-20(13-16)18(23)19-9-6-15(7-10-19)12-14-4-2-1-3-5-14/h1-5,15-16H,6-13H2,(H,21,22). The summed E-state index contributed by atoms with van der Waals surface area (Å²) in [4.78, 5) is 27.1. The van der Waals surface area contributed by atoms with Crippen molar-refractivity contribution >= 4 is 12.0 Å². The minimum absolute atomic E-state index is 0.0203. The van der Waals surface area contributed by atoms with E-state index < -0.39 is 11.9 Å². The molecule has 5 heteroatoms. The van der Waals surface area contributed by atoms with E-state index in [4.69, 9.17) is 5.11 Å². The van der Waals surface area contributed by atoms with Crippen molar-refractivity contribution < 1.29 is 14.7 Å². The fourth-order valence-corrected chi connectivity index (χ4v) is 3.61. The normalized spacial score (nSPS) is 22.3. The summed E-state index contributed by atoms with van der Waals surface area (Å²) in [6, 6.07) is 10.5. The van der Waals surface area contributed by atoms with Crippen LogP contribution >= 0.6 is 0 Å². The quantitative estimate of drug-likeness (QED) is 0.932. The average Bonchev–Trinajstić information content (AvgIpc) is 3.06. The summed E-state index contributed by atoms with van der Waals surface area (Å²) < 4.78 is 0. The van der Waals surface area contributed by atoms with E-state index in [1.54, 1.807) is 4.90 Å². The number of carboxylic acid groups (broad SMARTS) is 1. The van der Waals surface area contributed by atoms with Gasteiger partial charge in [0.05, 0.1) is 5.92 Å². The molecule has 0 saturated carbocycles. The van der Waals surface area contributed by atoms with E-state index in [0.29, 0.717) is 25.4 Å². The fourth-order valence-electron chi connectivity index (χ4n) is 3.61. The Morgan fingerprint density at radius 1 is 1.00 bits per heavy atom. The van der Waals surface area contributed by atoms with Gasteiger partial charge in [-0.3, -0.25) is 4.79 Å². The topological polar surface area (TPSA) is 60.9 Å². The minimum atomic E-state index is -0.790. The summed E-state index contributed by atoms with van der Waals surface area (Å²) in [5.74, 6) is -0.553. The second kappa shape index (κ2) is 7.02. The van der Waals surface area contributed by atoms with Gasteiger partial charge in [0, 0.05) is 26.2 Å². The monoisotopic (exact) mass is 316 g/mol. The molecule has 3 rings (SSSR count). The summed E-state index contributed by atoms with van der Waals surface area (Å²) in [5.41, 5.74) is 1.36. The van der Waals surface area contributed by atoms with E-state index in [-0.39, 0.29) is 6.03 Å². The van der Waals surface area contributed by atoms with Gasteiger partial charge in [-0.2, -0.15) is 0 Å². The van der Waals surface area contributed by atoms with Crippen molar-refractivity contribution in [2.75, 3.05) is 26.2 Å². The highest BCUT2D eigenvalue weighted by molar-refractivity contribution is 5.77. The molecule has 2 amide bonds. The fraction of sp³-hybridized carbons (Fsp3) is 0.556. The number of amides is 2. The molecule has 0 radical (unpaired) electrons. The van der Waals surface area contributed by atoms with E-state index in [0.717, 1.165) is 32.4 Å². The highest BCUT2D eigenvalue weighted by atomic mass is 16.4. The van der Waals surface area contributed by atoms with Crippen LogP contribution in [0.4, 0.5) is 4.79 Å². The number of carbonyl (C=O) groups is 2. The van der Waals surface area contributed by atoms with Gasteiger partial charge < -0.3 is 14.9 Å². The van der Waals surface area contributed by atoms with Gasteiger partial charge in [0.2, 0.25) is 0 Å². The largest absolute Gasteiger partial charge is 0.481 e. The van der Waals surface area contributed by atoms with Crippen LogP contribution in [0.25, 0.3) is 0 Å². The number of aliphatic carboxylic acids is 1. The summed E-state index contributed by atoms with van der Waals surface area (Å²) in [6.07, 6.45) is 3.70. The first kappa shape index (κ1) is 15.8. The number of carbonyl (C=O) groups excluding carboxylic acids is 1. The Labute approximate surface area is 136 Å². The van der Waals surface area contributed by atoms with E-state index >= 15 is 0 Å². The third-order valence-corrected chi connectivity index (χ3v) is 5.06. The second-order valence-electron chi connectivity index (χ2n) is 6.67. The van der Waals surface area contributed by atoms with Crippen molar-refractivity contribution in [3.8, 4) is 0 Å². The first-order valence-corrected chi connectivity index (χ1v) is 8.44. The molecule has 1 unspecified atom stereocenters. The van der Waals surface area contributed by atoms with Gasteiger partial charge in [-0.05, 0) is 37.2 Å². The minimum Gasteiger partial charge on any atom is -0.481 e. The van der Waals surface area contributed by atoms with Gasteiger partial charge >= 0.3 is 12.0 Å². The molecule has 2 saturated heterocycles. The lowest BCUT2D eigenvalue weighted by Crippen LogP contribution is -2.46. The molecule has 1 atom stereocenters. The van der Waals surface area contributed by atoms with Gasteiger partial charge in [-0.1, -0.05) is 30.3 Å². The molecule has 2 aliphatic heterocycles. The Kier molecular flexibility index (Phi) is 4.84. The molecular formula is C18H24N2O3. The third kappa shape index (κ3) is 3.84. The molecule has 0 spiro atoms. The number of benzene rings is 1. The van der Waals surface area contributed by atoms with Crippen LogP contribution in [-0.2, 0) is 11.2 Å². The smallest absolute Gasteiger partial charge is 0.320 e. The van der Waals surface area contributed by atoms with Crippen molar-refractivity contribution in [3.63, 3.8) is 0 Å². The highest BCUT2D eigenvalue weighted by Crippen LogP contribution is 2.24. The van der Waals surface area contributed by atoms with Gasteiger partial charge in [0.15, 0.2) is 0 Å². The van der Waals surface area contributed by atoms with Crippen LogP contribution in [-0.4, -0.2) is 53.1 Å². The highest BCUT2D eigenvalue weighted by Gasteiger charge is 2.34. The van der Waals surface area contributed by atoms with Gasteiger partial charge in [0.25, 0.3) is 0 Å². The number of rotatable bonds is 3. The molecule has 2 fully saturated rings.